The van der Waals surface area contributed by atoms with Gasteiger partial charge in [-0.15, -0.1) is 11.8 Å². The predicted molar refractivity (Wildman–Crippen MR) is 125 cm³/mol. The average molecular weight is 392 g/mol. The van der Waals surface area contributed by atoms with Crippen molar-refractivity contribution in [3.05, 3.63) is 149 Å². The molecule has 0 N–H and O–H groups in total. The molecular formula is C27H21NS. The molecule has 4 rings (SSSR count). The molecule has 0 radical (unpaired) electrons. The molecule has 0 saturated carbocycles. The van der Waals surface area contributed by atoms with Gasteiger partial charge in [0.25, 0.3) is 0 Å². The molecule has 0 fully saturated rings. The summed E-state index contributed by atoms with van der Waals surface area (Å²) >= 11 is 1.68. The zero-order chi connectivity index (χ0) is 19.7. The van der Waals surface area contributed by atoms with Gasteiger partial charge in [0.05, 0.1) is 5.69 Å². The van der Waals surface area contributed by atoms with E-state index in [0.717, 1.165) is 16.8 Å². The second-order valence-electron chi connectivity index (χ2n) is 6.51. The Morgan fingerprint density at radius 3 is 1.45 bits per heavy atom. The third-order valence-corrected chi connectivity index (χ3v) is 5.31. The fourth-order valence-corrected chi connectivity index (χ4v) is 3.99. The molecule has 0 amide bonds. The number of hydrogen-bond acceptors (Lipinski definition) is 2. The van der Waals surface area contributed by atoms with Crippen LogP contribution in [0, 0.1) is 0 Å². The van der Waals surface area contributed by atoms with E-state index < -0.39 is 0 Å². The van der Waals surface area contributed by atoms with E-state index in [-0.39, 0.29) is 0 Å². The van der Waals surface area contributed by atoms with E-state index in [1.165, 1.54) is 16.7 Å². The van der Waals surface area contributed by atoms with Crippen molar-refractivity contribution in [1.29, 1.82) is 0 Å². The van der Waals surface area contributed by atoms with Gasteiger partial charge in [-0.05, 0) is 45.2 Å². The van der Waals surface area contributed by atoms with Crippen LogP contribution in [-0.2, 0) is 0 Å². The van der Waals surface area contributed by atoms with Gasteiger partial charge >= 0.3 is 0 Å². The minimum atomic E-state index is 0.973. The number of nitrogens with zero attached hydrogens (tertiary/aromatic N) is 1. The number of thioether (sulfide) groups is 1. The summed E-state index contributed by atoms with van der Waals surface area (Å²) in [4.78, 5) is 4.57. The Hall–Kier alpha value is -3.36. The summed E-state index contributed by atoms with van der Waals surface area (Å²) in [6, 6.07) is 37.5. The third kappa shape index (κ3) is 4.92. The van der Waals surface area contributed by atoms with Crippen molar-refractivity contribution in [2.45, 2.75) is 0 Å². The zero-order valence-electron chi connectivity index (χ0n) is 16.0. The average Bonchev–Trinajstić information content (AvgIpc) is 2.81. The Labute approximate surface area is 176 Å². The van der Waals surface area contributed by atoms with Crippen molar-refractivity contribution in [2.75, 3.05) is 0 Å². The van der Waals surface area contributed by atoms with Crippen molar-refractivity contribution in [2.24, 2.45) is 0 Å². The van der Waals surface area contributed by atoms with Gasteiger partial charge in [0.2, 0.25) is 0 Å². The molecule has 0 aliphatic heterocycles. The van der Waals surface area contributed by atoms with Crippen LogP contribution in [0.4, 0.5) is 0 Å². The van der Waals surface area contributed by atoms with Gasteiger partial charge < -0.3 is 0 Å². The largest absolute Gasteiger partial charge is 0.256 e. The molecule has 0 atom stereocenters. The summed E-state index contributed by atoms with van der Waals surface area (Å²) in [5.41, 5.74) is 6.87. The van der Waals surface area contributed by atoms with Gasteiger partial charge in [0, 0.05) is 11.8 Å². The number of aromatic nitrogens is 1. The third-order valence-electron chi connectivity index (χ3n) is 4.57. The second-order valence-corrected chi connectivity index (χ2v) is 7.26. The van der Waals surface area contributed by atoms with Crippen molar-refractivity contribution < 1.29 is 0 Å². The van der Waals surface area contributed by atoms with Crippen LogP contribution in [0.5, 0.6) is 0 Å². The minimum Gasteiger partial charge on any atom is -0.256 e. The molecule has 1 heterocycles. The van der Waals surface area contributed by atoms with Crippen LogP contribution in [0.25, 0.3) is 11.1 Å². The monoisotopic (exact) mass is 391 g/mol. The number of rotatable bonds is 6. The standard InChI is InChI=1S/C27H21NS/c1-4-12-22(13-5-1)25(23-14-6-2-7-15-23)20-29-21-26(24-16-8-3-9-17-24)27-18-10-11-19-28-27/h1-21H. The van der Waals surface area contributed by atoms with Crippen LogP contribution < -0.4 is 0 Å². The SMILES string of the molecule is C(SC=C(c1ccccc1)c1ccccn1)=C(c1ccccc1)c1ccccc1. The van der Waals surface area contributed by atoms with Gasteiger partial charge in [0.15, 0.2) is 0 Å². The first-order valence-electron chi connectivity index (χ1n) is 9.55. The lowest BCUT2D eigenvalue weighted by molar-refractivity contribution is 1.27. The Morgan fingerprint density at radius 1 is 0.517 bits per heavy atom. The highest BCUT2D eigenvalue weighted by atomic mass is 32.2. The molecule has 0 aliphatic rings. The van der Waals surface area contributed by atoms with Crippen LogP contribution in [0.15, 0.2) is 126 Å². The first-order valence-corrected chi connectivity index (χ1v) is 10.5. The predicted octanol–water partition coefficient (Wildman–Crippen LogP) is 7.29. The lowest BCUT2D eigenvalue weighted by atomic mass is 10.00. The normalized spacial score (nSPS) is 11.1. The molecule has 0 aliphatic carbocycles. The van der Waals surface area contributed by atoms with Crippen molar-refractivity contribution >= 4 is 22.9 Å². The molecule has 0 unspecified atom stereocenters. The van der Waals surface area contributed by atoms with Gasteiger partial charge in [-0.2, -0.15) is 0 Å². The lowest BCUT2D eigenvalue weighted by Gasteiger charge is -2.09. The topological polar surface area (TPSA) is 12.9 Å². The summed E-state index contributed by atoms with van der Waals surface area (Å²) in [6.07, 6.45) is 1.84. The molecule has 4 aromatic rings. The highest BCUT2D eigenvalue weighted by Crippen LogP contribution is 2.30. The smallest absolute Gasteiger partial charge is 0.0713 e. The van der Waals surface area contributed by atoms with E-state index in [1.54, 1.807) is 11.8 Å². The quantitative estimate of drug-likeness (QED) is 0.342. The number of benzene rings is 3. The Kier molecular flexibility index (Phi) is 6.36. The maximum absolute atomic E-state index is 4.57. The fourth-order valence-electron chi connectivity index (χ4n) is 3.12. The van der Waals surface area contributed by atoms with Crippen molar-refractivity contribution in [1.82, 2.24) is 4.98 Å². The van der Waals surface area contributed by atoms with Gasteiger partial charge in [-0.1, -0.05) is 97.1 Å². The van der Waals surface area contributed by atoms with Gasteiger partial charge in [-0.25, -0.2) is 0 Å². The summed E-state index contributed by atoms with van der Waals surface area (Å²) in [5, 5.41) is 4.40. The molecule has 0 spiro atoms. The number of pyridine rings is 1. The van der Waals surface area contributed by atoms with E-state index in [1.807, 2.05) is 36.5 Å². The van der Waals surface area contributed by atoms with E-state index in [2.05, 4.69) is 94.7 Å². The zero-order valence-corrected chi connectivity index (χ0v) is 16.8. The summed E-state index contributed by atoms with van der Waals surface area (Å²) in [6.45, 7) is 0. The molecule has 1 nitrogen and oxygen atoms in total. The van der Waals surface area contributed by atoms with Gasteiger partial charge in [-0.3, -0.25) is 4.98 Å². The first-order chi connectivity index (χ1) is 14.4. The summed E-state index contributed by atoms with van der Waals surface area (Å²) in [5.74, 6) is 0. The summed E-state index contributed by atoms with van der Waals surface area (Å²) in [7, 11) is 0. The first kappa shape index (κ1) is 19.0. The molecule has 2 heteroatoms. The van der Waals surface area contributed by atoms with E-state index in [9.17, 15) is 0 Å². The molecule has 1 aromatic heterocycles. The molecule has 0 saturated heterocycles. The second kappa shape index (κ2) is 9.72. The fraction of sp³-hybridized carbons (Fsp3) is 0. The highest BCUT2D eigenvalue weighted by molar-refractivity contribution is 8.05. The van der Waals surface area contributed by atoms with Crippen molar-refractivity contribution in [3.63, 3.8) is 0 Å². The van der Waals surface area contributed by atoms with Crippen LogP contribution in [0.1, 0.15) is 22.4 Å². The van der Waals surface area contributed by atoms with Crippen LogP contribution in [0.3, 0.4) is 0 Å². The van der Waals surface area contributed by atoms with Crippen LogP contribution >= 0.6 is 11.8 Å². The van der Waals surface area contributed by atoms with Gasteiger partial charge in [0.1, 0.15) is 0 Å². The molecule has 3 aromatic carbocycles. The molecule has 140 valence electrons. The maximum Gasteiger partial charge on any atom is 0.0713 e. The Morgan fingerprint density at radius 2 is 0.966 bits per heavy atom. The van der Waals surface area contributed by atoms with Crippen LogP contribution in [0.2, 0.25) is 0 Å². The molecular weight excluding hydrogens is 370 g/mol. The lowest BCUT2D eigenvalue weighted by Crippen LogP contribution is -1.90. The molecule has 0 bridgehead atoms. The minimum absolute atomic E-state index is 0.973. The number of hydrogen-bond donors (Lipinski definition) is 0. The highest BCUT2D eigenvalue weighted by Gasteiger charge is 2.07. The van der Waals surface area contributed by atoms with E-state index in [4.69, 9.17) is 0 Å². The van der Waals surface area contributed by atoms with Crippen LogP contribution in [-0.4, -0.2) is 4.98 Å². The Balaban J connectivity index is 1.72. The molecule has 29 heavy (non-hydrogen) atoms. The van der Waals surface area contributed by atoms with E-state index >= 15 is 0 Å². The van der Waals surface area contributed by atoms with E-state index in [0.29, 0.717) is 0 Å². The van der Waals surface area contributed by atoms with Crippen molar-refractivity contribution in [3.8, 4) is 0 Å². The summed E-state index contributed by atoms with van der Waals surface area (Å²) < 4.78 is 0. The Bertz CT molecular complexity index is 912. The maximum atomic E-state index is 4.57.